The quantitative estimate of drug-likeness (QED) is 0.458. The molecule has 36 heavy (non-hydrogen) atoms. The van der Waals surface area contributed by atoms with Crippen LogP contribution < -0.4 is 19.7 Å². The summed E-state index contributed by atoms with van der Waals surface area (Å²) in [5.74, 6) is 0.189. The van der Waals surface area contributed by atoms with E-state index in [2.05, 4.69) is 31.4 Å². The van der Waals surface area contributed by atoms with Gasteiger partial charge in [0.25, 0.3) is 15.9 Å². The number of amides is 1. The van der Waals surface area contributed by atoms with E-state index in [0.717, 1.165) is 11.3 Å². The zero-order chi connectivity index (χ0) is 25.9. The number of ether oxygens (including phenoxy) is 1. The lowest BCUT2D eigenvalue weighted by molar-refractivity contribution is -0.121. The van der Waals surface area contributed by atoms with E-state index in [1.54, 1.807) is 12.1 Å². The van der Waals surface area contributed by atoms with Crippen LogP contribution in [0.4, 0.5) is 11.4 Å². The van der Waals surface area contributed by atoms with Crippen LogP contribution in [-0.4, -0.2) is 32.6 Å². The number of para-hydroxylation sites is 1. The van der Waals surface area contributed by atoms with Crippen LogP contribution in [0.5, 0.6) is 5.75 Å². The second-order valence-electron chi connectivity index (χ2n) is 9.55. The zero-order valence-corrected chi connectivity index (χ0v) is 22.1. The first-order chi connectivity index (χ1) is 17.0. The number of fused-ring (bicyclic) bond motifs is 1. The molecule has 1 aliphatic heterocycles. The normalized spacial score (nSPS) is 13.1. The molecule has 7 nitrogen and oxygen atoms in total. The van der Waals surface area contributed by atoms with Crippen molar-refractivity contribution in [2.75, 3.05) is 22.8 Å². The zero-order valence-electron chi connectivity index (χ0n) is 20.4. The van der Waals surface area contributed by atoms with E-state index in [1.165, 1.54) is 22.0 Å². The van der Waals surface area contributed by atoms with Crippen molar-refractivity contribution in [3.8, 4) is 5.75 Å². The highest BCUT2D eigenvalue weighted by atomic mass is 32.2. The number of thiocarbonyl (C=S) groups is 1. The van der Waals surface area contributed by atoms with Gasteiger partial charge in [-0.3, -0.25) is 14.4 Å². The number of carbonyl (C=O) groups is 1. The fraction of sp³-hybridized carbons (Fsp3) is 0.259. The molecule has 0 bridgehead atoms. The minimum atomic E-state index is -3.67. The predicted molar refractivity (Wildman–Crippen MR) is 146 cm³/mol. The van der Waals surface area contributed by atoms with Crippen molar-refractivity contribution >= 4 is 44.6 Å². The van der Waals surface area contributed by atoms with Gasteiger partial charge in [0.05, 0.1) is 10.6 Å². The van der Waals surface area contributed by atoms with Crippen LogP contribution in [-0.2, 0) is 26.7 Å². The van der Waals surface area contributed by atoms with Gasteiger partial charge in [-0.15, -0.1) is 0 Å². The summed E-state index contributed by atoms with van der Waals surface area (Å²) < 4.78 is 33.3. The third-order valence-corrected chi connectivity index (χ3v) is 7.92. The molecule has 0 spiro atoms. The number of nitrogens with zero attached hydrogens (tertiary/aromatic N) is 1. The molecule has 0 aromatic heterocycles. The Balaban J connectivity index is 1.30. The minimum Gasteiger partial charge on any atom is -0.484 e. The van der Waals surface area contributed by atoms with Gasteiger partial charge in [-0.25, -0.2) is 8.42 Å². The lowest BCUT2D eigenvalue weighted by atomic mass is 9.87. The van der Waals surface area contributed by atoms with Crippen LogP contribution in [0.2, 0.25) is 0 Å². The summed E-state index contributed by atoms with van der Waals surface area (Å²) >= 11 is 5.21. The van der Waals surface area contributed by atoms with Crippen molar-refractivity contribution in [2.45, 2.75) is 37.5 Å². The Bertz CT molecular complexity index is 1360. The van der Waals surface area contributed by atoms with Gasteiger partial charge >= 0.3 is 0 Å². The molecule has 3 aromatic carbocycles. The van der Waals surface area contributed by atoms with E-state index in [0.29, 0.717) is 24.4 Å². The fourth-order valence-electron chi connectivity index (χ4n) is 3.92. The third kappa shape index (κ3) is 5.85. The van der Waals surface area contributed by atoms with Gasteiger partial charge in [-0.2, -0.15) is 0 Å². The van der Waals surface area contributed by atoms with Gasteiger partial charge in [0.2, 0.25) is 0 Å². The standard InChI is InChI=1S/C27H29N3O4S2/c1-27(2,3)20-8-12-22(13-9-20)34-18-25(31)29-26(35)28-21-10-14-23(15-11-21)36(32,33)30-17-16-19-6-4-5-7-24(19)30/h4-15H,16-18H2,1-3H3,(H2,28,29,31,35). The summed E-state index contributed by atoms with van der Waals surface area (Å²) in [5.41, 5.74) is 3.51. The van der Waals surface area contributed by atoms with Crippen molar-refractivity contribution in [1.82, 2.24) is 5.32 Å². The predicted octanol–water partition coefficient (Wildman–Crippen LogP) is 4.63. The summed E-state index contributed by atoms with van der Waals surface area (Å²) in [6.07, 6.45) is 0.689. The monoisotopic (exact) mass is 523 g/mol. The second kappa shape index (κ2) is 10.3. The molecule has 0 fully saturated rings. The van der Waals surface area contributed by atoms with Gasteiger partial charge in [-0.05, 0) is 77.6 Å². The molecular weight excluding hydrogens is 494 g/mol. The SMILES string of the molecule is CC(C)(C)c1ccc(OCC(=O)NC(=S)Nc2ccc(S(=O)(=O)N3CCc4ccccc43)cc2)cc1. The summed E-state index contributed by atoms with van der Waals surface area (Å²) in [6, 6.07) is 21.4. The Hall–Kier alpha value is -3.43. The molecule has 0 aliphatic carbocycles. The minimum absolute atomic E-state index is 0.0375. The molecule has 2 N–H and O–H groups in total. The number of hydrogen-bond acceptors (Lipinski definition) is 5. The number of sulfonamides is 1. The summed E-state index contributed by atoms with van der Waals surface area (Å²) in [4.78, 5) is 12.4. The number of anilines is 2. The van der Waals surface area contributed by atoms with E-state index in [4.69, 9.17) is 17.0 Å². The fourth-order valence-corrected chi connectivity index (χ4v) is 5.66. The molecule has 1 amide bonds. The van der Waals surface area contributed by atoms with Crippen LogP contribution in [0.3, 0.4) is 0 Å². The number of benzene rings is 3. The van der Waals surface area contributed by atoms with Gasteiger partial charge in [0.1, 0.15) is 5.75 Å². The highest BCUT2D eigenvalue weighted by molar-refractivity contribution is 7.92. The van der Waals surface area contributed by atoms with Crippen molar-refractivity contribution in [1.29, 1.82) is 0 Å². The van der Waals surface area contributed by atoms with Crippen LogP contribution in [0.1, 0.15) is 31.9 Å². The lowest BCUT2D eigenvalue weighted by Gasteiger charge is -2.20. The number of carbonyl (C=O) groups excluding carboxylic acids is 1. The van der Waals surface area contributed by atoms with Crippen LogP contribution in [0, 0.1) is 0 Å². The maximum atomic E-state index is 13.1. The molecule has 3 aromatic rings. The summed E-state index contributed by atoms with van der Waals surface area (Å²) in [5, 5.41) is 5.55. The van der Waals surface area contributed by atoms with Gasteiger partial charge < -0.3 is 10.1 Å². The topological polar surface area (TPSA) is 87.7 Å². The van der Waals surface area contributed by atoms with Gasteiger partial charge in [0, 0.05) is 12.2 Å². The highest BCUT2D eigenvalue weighted by Gasteiger charge is 2.30. The van der Waals surface area contributed by atoms with Crippen molar-refractivity contribution < 1.29 is 17.9 Å². The van der Waals surface area contributed by atoms with Gasteiger partial charge in [0.15, 0.2) is 11.7 Å². The van der Waals surface area contributed by atoms with Crippen LogP contribution >= 0.6 is 12.2 Å². The van der Waals surface area contributed by atoms with Crippen molar-refractivity contribution in [2.24, 2.45) is 0 Å². The Labute approximate surface area is 217 Å². The molecule has 9 heteroatoms. The summed E-state index contributed by atoms with van der Waals surface area (Å²) in [6.45, 7) is 6.61. The molecule has 1 heterocycles. The Morgan fingerprint density at radius 3 is 2.33 bits per heavy atom. The lowest BCUT2D eigenvalue weighted by Crippen LogP contribution is -2.37. The van der Waals surface area contributed by atoms with Gasteiger partial charge in [-0.1, -0.05) is 51.1 Å². The molecule has 4 rings (SSSR count). The molecule has 1 aliphatic rings. The largest absolute Gasteiger partial charge is 0.484 e. The maximum Gasteiger partial charge on any atom is 0.264 e. The molecule has 0 saturated carbocycles. The van der Waals surface area contributed by atoms with E-state index in [1.807, 2.05) is 48.5 Å². The first kappa shape index (κ1) is 25.7. The number of nitrogens with one attached hydrogen (secondary N) is 2. The van der Waals surface area contributed by atoms with E-state index in [-0.39, 0.29) is 22.0 Å². The first-order valence-electron chi connectivity index (χ1n) is 11.6. The Kier molecular flexibility index (Phi) is 7.33. The van der Waals surface area contributed by atoms with Crippen LogP contribution in [0.15, 0.2) is 77.7 Å². The molecule has 188 valence electrons. The average molecular weight is 524 g/mol. The average Bonchev–Trinajstić information content (AvgIpc) is 3.28. The molecular formula is C27H29N3O4S2. The third-order valence-electron chi connectivity index (χ3n) is 5.89. The number of hydrogen-bond donors (Lipinski definition) is 2. The molecule has 0 atom stereocenters. The highest BCUT2D eigenvalue weighted by Crippen LogP contribution is 2.33. The van der Waals surface area contributed by atoms with E-state index in [9.17, 15) is 13.2 Å². The van der Waals surface area contributed by atoms with E-state index >= 15 is 0 Å². The Morgan fingerprint density at radius 2 is 1.67 bits per heavy atom. The van der Waals surface area contributed by atoms with Crippen molar-refractivity contribution in [3.63, 3.8) is 0 Å². The van der Waals surface area contributed by atoms with E-state index < -0.39 is 15.9 Å². The molecule has 0 saturated heterocycles. The Morgan fingerprint density at radius 1 is 1.00 bits per heavy atom. The smallest absolute Gasteiger partial charge is 0.264 e. The van der Waals surface area contributed by atoms with Crippen molar-refractivity contribution in [3.05, 3.63) is 83.9 Å². The first-order valence-corrected chi connectivity index (χ1v) is 13.4. The maximum absolute atomic E-state index is 13.1. The second-order valence-corrected chi connectivity index (χ2v) is 11.8. The molecule has 0 radical (unpaired) electrons. The summed E-state index contributed by atoms with van der Waals surface area (Å²) in [7, 11) is -3.67. The number of rotatable bonds is 6. The van der Waals surface area contributed by atoms with Crippen LogP contribution in [0.25, 0.3) is 0 Å². The molecule has 0 unspecified atom stereocenters.